The summed E-state index contributed by atoms with van der Waals surface area (Å²) in [4.78, 5) is 8.30. The Balaban J connectivity index is 1.59. The van der Waals surface area contributed by atoms with Gasteiger partial charge in [0.15, 0.2) is 0 Å². The molecule has 0 aromatic carbocycles. The lowest BCUT2D eigenvalue weighted by atomic mass is 9.69. The van der Waals surface area contributed by atoms with Crippen LogP contribution < -0.4 is 0 Å². The van der Waals surface area contributed by atoms with Crippen molar-refractivity contribution in [3.05, 3.63) is 0 Å². The van der Waals surface area contributed by atoms with E-state index in [1.807, 2.05) is 0 Å². The number of nitrogens with zero attached hydrogens (tertiary/aromatic N) is 3. The van der Waals surface area contributed by atoms with Gasteiger partial charge in [0.2, 0.25) is 0 Å². The van der Waals surface area contributed by atoms with E-state index in [4.69, 9.17) is 0 Å². The highest BCUT2D eigenvalue weighted by molar-refractivity contribution is 4.94. The molecule has 0 spiro atoms. The molecule has 0 aromatic rings. The maximum atomic E-state index is 2.82. The molecule has 3 aliphatic heterocycles. The summed E-state index contributed by atoms with van der Waals surface area (Å²) < 4.78 is 0. The summed E-state index contributed by atoms with van der Waals surface area (Å²) in [6.45, 7) is 25.0. The lowest BCUT2D eigenvalue weighted by molar-refractivity contribution is -0.0275. The molecule has 3 heteroatoms. The number of hydrogen-bond donors (Lipinski definition) is 0. The van der Waals surface area contributed by atoms with E-state index in [1.165, 1.54) is 84.5 Å². The molecule has 3 nitrogen and oxygen atoms in total. The molecule has 3 aliphatic rings. The zero-order valence-corrected chi connectivity index (χ0v) is 19.9. The van der Waals surface area contributed by atoms with Crippen LogP contribution in [0.15, 0.2) is 0 Å². The molecule has 3 fully saturated rings. The first-order valence-corrected chi connectivity index (χ1v) is 12.4. The number of rotatable bonds is 6. The van der Waals surface area contributed by atoms with Crippen molar-refractivity contribution in [2.75, 3.05) is 52.4 Å². The zero-order chi connectivity index (χ0) is 20.3. The van der Waals surface area contributed by atoms with E-state index in [9.17, 15) is 0 Å². The van der Waals surface area contributed by atoms with Crippen LogP contribution in [-0.4, -0.2) is 73.1 Å². The number of hydrogen-bond acceptors (Lipinski definition) is 3. The molecule has 3 unspecified atom stereocenters. The lowest BCUT2D eigenvalue weighted by Gasteiger charge is -2.51. The molecule has 0 saturated carbocycles. The second kappa shape index (κ2) is 9.79. The minimum atomic E-state index is 0.422. The van der Waals surface area contributed by atoms with E-state index < -0.39 is 0 Å². The Morgan fingerprint density at radius 1 is 0.893 bits per heavy atom. The Labute approximate surface area is 176 Å². The van der Waals surface area contributed by atoms with Gasteiger partial charge in [-0.3, -0.25) is 0 Å². The fourth-order valence-corrected chi connectivity index (χ4v) is 6.43. The monoisotopic (exact) mass is 391 g/mol. The van der Waals surface area contributed by atoms with Gasteiger partial charge >= 0.3 is 0 Å². The Morgan fingerprint density at radius 2 is 1.57 bits per heavy atom. The summed E-state index contributed by atoms with van der Waals surface area (Å²) in [7, 11) is 0. The normalized spacial score (nSPS) is 32.0. The van der Waals surface area contributed by atoms with Gasteiger partial charge in [0.1, 0.15) is 0 Å². The van der Waals surface area contributed by atoms with Crippen LogP contribution in [0, 0.1) is 29.1 Å². The van der Waals surface area contributed by atoms with Gasteiger partial charge in [-0.05, 0) is 101 Å². The molecule has 3 saturated heterocycles. The van der Waals surface area contributed by atoms with E-state index in [0.717, 1.165) is 23.7 Å². The van der Waals surface area contributed by atoms with Gasteiger partial charge < -0.3 is 14.7 Å². The van der Waals surface area contributed by atoms with Gasteiger partial charge in [-0.25, -0.2) is 0 Å². The molecule has 0 aromatic heterocycles. The Bertz CT molecular complexity index is 461. The highest BCUT2D eigenvalue weighted by Gasteiger charge is 2.41. The molecular formula is C25H49N3. The van der Waals surface area contributed by atoms with Crippen LogP contribution >= 0.6 is 0 Å². The van der Waals surface area contributed by atoms with E-state index in [1.54, 1.807) is 0 Å². The topological polar surface area (TPSA) is 9.72 Å². The highest BCUT2D eigenvalue weighted by Crippen LogP contribution is 2.41. The largest absolute Gasteiger partial charge is 0.303 e. The van der Waals surface area contributed by atoms with Crippen molar-refractivity contribution in [1.29, 1.82) is 0 Å². The van der Waals surface area contributed by atoms with E-state index in [-0.39, 0.29) is 0 Å². The smallest absolute Gasteiger partial charge is 0.00388 e. The number of fused-ring (bicyclic) bond motifs is 1. The molecule has 0 amide bonds. The van der Waals surface area contributed by atoms with Crippen molar-refractivity contribution in [2.24, 2.45) is 29.1 Å². The standard InChI is InChI=1S/C25H49N3/c1-7-11-26-12-8-21(9-13-26)15-22-17-28(20(2)3)18-23-16-27(14-10-24(22)23)19-25(4,5)6/h20-24H,7-19H2,1-6H3. The SMILES string of the molecule is CCCN1CCC(CC2CN(C(C)C)CC3CN(CC(C)(C)C)CCC23)CC1. The molecule has 3 atom stereocenters. The lowest BCUT2D eigenvalue weighted by Crippen LogP contribution is -2.56. The van der Waals surface area contributed by atoms with E-state index >= 15 is 0 Å². The summed E-state index contributed by atoms with van der Waals surface area (Å²) in [5.74, 6) is 3.82. The number of likely N-dealkylation sites (tertiary alicyclic amines) is 3. The Hall–Kier alpha value is -0.120. The Morgan fingerprint density at radius 3 is 2.18 bits per heavy atom. The summed E-state index contributed by atoms with van der Waals surface area (Å²) in [6, 6.07) is 0.702. The first-order valence-electron chi connectivity index (χ1n) is 12.4. The van der Waals surface area contributed by atoms with Crippen molar-refractivity contribution in [2.45, 2.75) is 79.7 Å². The second-order valence-corrected chi connectivity index (χ2v) is 11.8. The van der Waals surface area contributed by atoms with Crippen LogP contribution in [0.3, 0.4) is 0 Å². The molecule has 0 N–H and O–H groups in total. The van der Waals surface area contributed by atoms with Crippen molar-refractivity contribution < 1.29 is 0 Å². The summed E-state index contributed by atoms with van der Waals surface area (Å²) in [6.07, 6.45) is 7.17. The van der Waals surface area contributed by atoms with Gasteiger partial charge in [-0.2, -0.15) is 0 Å². The maximum absolute atomic E-state index is 2.82. The van der Waals surface area contributed by atoms with Crippen molar-refractivity contribution >= 4 is 0 Å². The van der Waals surface area contributed by atoms with Gasteiger partial charge in [0, 0.05) is 32.2 Å². The first kappa shape index (κ1) is 22.6. The van der Waals surface area contributed by atoms with Crippen LogP contribution in [0.4, 0.5) is 0 Å². The molecule has 3 heterocycles. The van der Waals surface area contributed by atoms with E-state index in [2.05, 4.69) is 56.2 Å². The van der Waals surface area contributed by atoms with Crippen LogP contribution in [-0.2, 0) is 0 Å². The van der Waals surface area contributed by atoms with Gasteiger partial charge in [0.25, 0.3) is 0 Å². The van der Waals surface area contributed by atoms with Crippen LogP contribution in [0.2, 0.25) is 0 Å². The van der Waals surface area contributed by atoms with Crippen LogP contribution in [0.25, 0.3) is 0 Å². The number of piperidine rings is 3. The molecule has 0 radical (unpaired) electrons. The van der Waals surface area contributed by atoms with Crippen molar-refractivity contribution in [3.8, 4) is 0 Å². The molecule has 3 rings (SSSR count). The van der Waals surface area contributed by atoms with Gasteiger partial charge in [0.05, 0.1) is 0 Å². The molecule has 0 aliphatic carbocycles. The third-order valence-corrected chi connectivity index (χ3v) is 7.73. The third-order valence-electron chi connectivity index (χ3n) is 7.73. The minimum absolute atomic E-state index is 0.422. The minimum Gasteiger partial charge on any atom is -0.303 e. The first-order chi connectivity index (χ1) is 13.2. The predicted molar refractivity (Wildman–Crippen MR) is 122 cm³/mol. The third kappa shape index (κ3) is 6.19. The molecule has 164 valence electrons. The Kier molecular flexibility index (Phi) is 7.89. The summed E-state index contributed by atoms with van der Waals surface area (Å²) in [5.41, 5.74) is 0.422. The van der Waals surface area contributed by atoms with Crippen LogP contribution in [0.5, 0.6) is 0 Å². The van der Waals surface area contributed by atoms with E-state index in [0.29, 0.717) is 11.5 Å². The zero-order valence-electron chi connectivity index (χ0n) is 19.9. The van der Waals surface area contributed by atoms with Gasteiger partial charge in [-0.1, -0.05) is 27.7 Å². The maximum Gasteiger partial charge on any atom is 0.00388 e. The fraction of sp³-hybridized carbons (Fsp3) is 1.00. The van der Waals surface area contributed by atoms with Gasteiger partial charge in [-0.15, -0.1) is 0 Å². The molecule has 0 bridgehead atoms. The second-order valence-electron chi connectivity index (χ2n) is 11.8. The highest BCUT2D eigenvalue weighted by atomic mass is 15.2. The predicted octanol–water partition coefficient (Wildman–Crippen LogP) is 4.82. The average Bonchev–Trinajstić information content (AvgIpc) is 2.61. The van der Waals surface area contributed by atoms with Crippen molar-refractivity contribution in [3.63, 3.8) is 0 Å². The quantitative estimate of drug-likeness (QED) is 0.642. The summed E-state index contributed by atoms with van der Waals surface area (Å²) in [5, 5.41) is 0. The average molecular weight is 392 g/mol. The fourth-order valence-electron chi connectivity index (χ4n) is 6.43. The molecular weight excluding hydrogens is 342 g/mol. The van der Waals surface area contributed by atoms with Crippen molar-refractivity contribution in [1.82, 2.24) is 14.7 Å². The summed E-state index contributed by atoms with van der Waals surface area (Å²) >= 11 is 0. The van der Waals surface area contributed by atoms with Crippen LogP contribution in [0.1, 0.15) is 73.6 Å². The molecule has 28 heavy (non-hydrogen) atoms.